The SMILES string of the molecule is Cc1cc(-c2ccc(N(c3ccccc3)c3ccccc3)cc2Nc2ccc3c(c2)C(C)(C)CCC3(C)C)c2c3c1c1c4ccccc4ccc1n3-c1cc3nc(-c4ccccc4)oc3cc1B2. The lowest BCUT2D eigenvalue weighted by Crippen LogP contribution is -2.37. The maximum atomic E-state index is 6.57. The van der Waals surface area contributed by atoms with Gasteiger partial charge in [-0.15, -0.1) is 0 Å². The van der Waals surface area contributed by atoms with Gasteiger partial charge in [0.2, 0.25) is 5.89 Å². The molecular weight excluding hydrogens is 828 g/mol. The van der Waals surface area contributed by atoms with Crippen LogP contribution in [-0.4, -0.2) is 16.8 Å². The van der Waals surface area contributed by atoms with Gasteiger partial charge in [-0.25, -0.2) is 4.98 Å². The number of fused-ring (bicyclic) bond motifs is 9. The van der Waals surface area contributed by atoms with Crippen molar-refractivity contribution in [2.75, 3.05) is 10.2 Å². The fraction of sp³-hybridized carbons (Fsp3) is 0.145. The third kappa shape index (κ3) is 6.34. The highest BCUT2D eigenvalue weighted by Gasteiger charge is 2.37. The van der Waals surface area contributed by atoms with E-state index in [-0.39, 0.29) is 10.8 Å². The fourth-order valence-corrected chi connectivity index (χ4v) is 11.6. The highest BCUT2D eigenvalue weighted by Crippen LogP contribution is 2.48. The van der Waals surface area contributed by atoms with Crippen LogP contribution in [0.5, 0.6) is 0 Å². The summed E-state index contributed by atoms with van der Waals surface area (Å²) in [6, 6.07) is 66.1. The van der Waals surface area contributed by atoms with E-state index in [2.05, 4.69) is 213 Å². The molecule has 1 aliphatic carbocycles. The molecule has 68 heavy (non-hydrogen) atoms. The highest BCUT2D eigenvalue weighted by molar-refractivity contribution is 6.74. The number of aromatic nitrogens is 2. The monoisotopic (exact) mass is 878 g/mol. The summed E-state index contributed by atoms with van der Waals surface area (Å²) >= 11 is 0. The summed E-state index contributed by atoms with van der Waals surface area (Å²) in [6.45, 7) is 11.9. The molecule has 9 aromatic carbocycles. The number of hydrogen-bond donors (Lipinski definition) is 1. The van der Waals surface area contributed by atoms with Gasteiger partial charge in [0, 0.05) is 61.5 Å². The molecule has 2 aliphatic rings. The second-order valence-corrected chi connectivity index (χ2v) is 20.4. The molecule has 0 saturated carbocycles. The largest absolute Gasteiger partial charge is 0.436 e. The molecule has 3 heterocycles. The minimum absolute atomic E-state index is 0.0682. The fourth-order valence-electron chi connectivity index (χ4n) is 11.6. The van der Waals surface area contributed by atoms with Crippen LogP contribution in [0.4, 0.5) is 28.4 Å². The number of aryl methyl sites for hydroxylation is 1. The van der Waals surface area contributed by atoms with E-state index in [0.29, 0.717) is 5.89 Å². The van der Waals surface area contributed by atoms with Crippen LogP contribution in [0.25, 0.3) is 71.9 Å². The smallest absolute Gasteiger partial charge is 0.227 e. The van der Waals surface area contributed by atoms with Gasteiger partial charge in [0.15, 0.2) is 12.9 Å². The molecule has 0 saturated heterocycles. The van der Waals surface area contributed by atoms with Crippen LogP contribution in [-0.2, 0) is 10.8 Å². The van der Waals surface area contributed by atoms with Gasteiger partial charge in [-0.05, 0) is 148 Å². The molecule has 328 valence electrons. The predicted molar refractivity (Wildman–Crippen MR) is 288 cm³/mol. The molecule has 0 unspecified atom stereocenters. The number of rotatable bonds is 7. The zero-order valence-electron chi connectivity index (χ0n) is 39.2. The molecule has 0 fully saturated rings. The zero-order valence-corrected chi connectivity index (χ0v) is 39.2. The Morgan fingerprint density at radius 3 is 2.06 bits per heavy atom. The lowest BCUT2D eigenvalue weighted by atomic mass is 9.58. The summed E-state index contributed by atoms with van der Waals surface area (Å²) < 4.78 is 9.10. The third-order valence-electron chi connectivity index (χ3n) is 15.2. The van der Waals surface area contributed by atoms with E-state index >= 15 is 0 Å². The second kappa shape index (κ2) is 15.1. The van der Waals surface area contributed by atoms with Crippen LogP contribution in [0.1, 0.15) is 57.2 Å². The van der Waals surface area contributed by atoms with Crippen molar-refractivity contribution in [3.63, 3.8) is 0 Å². The summed E-state index contributed by atoms with van der Waals surface area (Å²) in [5.41, 5.74) is 20.9. The van der Waals surface area contributed by atoms with Crippen LogP contribution < -0.4 is 21.1 Å². The first-order valence-electron chi connectivity index (χ1n) is 24.0. The molecule has 0 atom stereocenters. The van der Waals surface area contributed by atoms with Gasteiger partial charge in [0.25, 0.3) is 0 Å². The number of anilines is 5. The molecule has 0 bridgehead atoms. The number of benzene rings is 9. The van der Waals surface area contributed by atoms with Crippen molar-refractivity contribution in [1.29, 1.82) is 0 Å². The summed E-state index contributed by atoms with van der Waals surface area (Å²) in [5, 5.41) is 9.18. The van der Waals surface area contributed by atoms with Gasteiger partial charge < -0.3 is 19.2 Å². The number of nitrogens with one attached hydrogen (secondary N) is 1. The first-order valence-corrected chi connectivity index (χ1v) is 24.0. The molecule has 1 aliphatic heterocycles. The number of hydrogen-bond acceptors (Lipinski definition) is 4. The molecule has 11 aromatic rings. The van der Waals surface area contributed by atoms with E-state index in [1.807, 2.05) is 18.2 Å². The van der Waals surface area contributed by atoms with E-state index in [4.69, 9.17) is 9.40 Å². The Hall–Kier alpha value is -7.83. The van der Waals surface area contributed by atoms with Crippen LogP contribution in [0.2, 0.25) is 0 Å². The normalized spacial score (nSPS) is 14.5. The Balaban J connectivity index is 1.07. The number of oxazole rings is 1. The molecule has 13 rings (SSSR count). The molecule has 0 radical (unpaired) electrons. The first-order chi connectivity index (χ1) is 33.1. The van der Waals surface area contributed by atoms with Crippen LogP contribution in [0, 0.1) is 6.92 Å². The molecule has 1 N–H and O–H groups in total. The standard InChI is InChI=1S/C62H51BN4O/c1-38-33-47(58-59-56(38)57-45-24-16-15-17-39(45)25-30-53(57)67(59)54-37-52-55(36-50(54)63-58)68-60(65-52)40-18-9-6-10-19-40)46-28-27-44(66(42-20-11-7-12-21-42)43-22-13-8-14-23-43)35-51(46)64-41-26-29-48-49(34-41)62(4,5)32-31-61(48,2)3/h6-30,33-37,63-64H,31-32H2,1-5H3. The van der Waals surface area contributed by atoms with E-state index < -0.39 is 0 Å². The third-order valence-corrected chi connectivity index (χ3v) is 15.2. The van der Waals surface area contributed by atoms with Gasteiger partial charge >= 0.3 is 0 Å². The van der Waals surface area contributed by atoms with Crippen molar-refractivity contribution in [2.24, 2.45) is 0 Å². The van der Waals surface area contributed by atoms with Gasteiger partial charge in [0.1, 0.15) is 5.52 Å². The maximum Gasteiger partial charge on any atom is 0.227 e. The Bertz CT molecular complexity index is 3770. The number of nitrogens with zero attached hydrogens (tertiary/aromatic N) is 3. The van der Waals surface area contributed by atoms with Crippen molar-refractivity contribution in [3.8, 4) is 28.3 Å². The molecule has 6 heteroatoms. The van der Waals surface area contributed by atoms with Crippen molar-refractivity contribution in [3.05, 3.63) is 199 Å². The summed E-state index contributed by atoms with van der Waals surface area (Å²) in [4.78, 5) is 7.44. The van der Waals surface area contributed by atoms with Gasteiger partial charge in [-0.1, -0.05) is 136 Å². The Kier molecular flexibility index (Phi) is 8.98. The van der Waals surface area contributed by atoms with Crippen LogP contribution in [0.15, 0.2) is 186 Å². The molecule has 0 amide bonds. The predicted octanol–water partition coefficient (Wildman–Crippen LogP) is 15.0. The second-order valence-electron chi connectivity index (χ2n) is 20.4. The van der Waals surface area contributed by atoms with Crippen LogP contribution in [0.3, 0.4) is 0 Å². The van der Waals surface area contributed by atoms with E-state index in [1.54, 1.807) is 0 Å². The van der Waals surface area contributed by atoms with Gasteiger partial charge in [-0.2, -0.15) is 0 Å². The minimum atomic E-state index is 0.0682. The molecule has 5 nitrogen and oxygen atoms in total. The molecule has 2 aromatic heterocycles. The maximum absolute atomic E-state index is 6.57. The van der Waals surface area contributed by atoms with Crippen molar-refractivity contribution in [2.45, 2.75) is 58.3 Å². The summed E-state index contributed by atoms with van der Waals surface area (Å²) in [7, 11) is 0.733. The van der Waals surface area contributed by atoms with Crippen LogP contribution >= 0.6 is 0 Å². The van der Waals surface area contributed by atoms with Crippen molar-refractivity contribution < 1.29 is 4.42 Å². The first kappa shape index (κ1) is 40.4. The average molecular weight is 879 g/mol. The van der Waals surface area contributed by atoms with E-state index in [9.17, 15) is 0 Å². The lowest BCUT2D eigenvalue weighted by molar-refractivity contribution is 0.332. The van der Waals surface area contributed by atoms with E-state index in [1.165, 1.54) is 72.2 Å². The number of para-hydroxylation sites is 2. The average Bonchev–Trinajstić information content (AvgIpc) is 3.95. The summed E-state index contributed by atoms with van der Waals surface area (Å²) in [5.74, 6) is 0.635. The van der Waals surface area contributed by atoms with Crippen molar-refractivity contribution >= 4 is 90.3 Å². The Labute approximate surface area is 398 Å². The van der Waals surface area contributed by atoms with Gasteiger partial charge in [0.05, 0.1) is 5.52 Å². The minimum Gasteiger partial charge on any atom is -0.436 e. The highest BCUT2D eigenvalue weighted by atomic mass is 16.3. The van der Waals surface area contributed by atoms with Gasteiger partial charge in [-0.3, -0.25) is 0 Å². The quantitative estimate of drug-likeness (QED) is 0.162. The molecular formula is C62H51BN4O. The zero-order chi connectivity index (χ0) is 45.9. The topological polar surface area (TPSA) is 46.2 Å². The van der Waals surface area contributed by atoms with E-state index in [0.717, 1.165) is 70.1 Å². The Morgan fingerprint density at radius 1 is 0.618 bits per heavy atom. The van der Waals surface area contributed by atoms with Crippen molar-refractivity contribution in [1.82, 2.24) is 9.55 Å². The Morgan fingerprint density at radius 2 is 1.31 bits per heavy atom. The lowest BCUT2D eigenvalue weighted by Gasteiger charge is -2.42. The molecule has 0 spiro atoms. The summed E-state index contributed by atoms with van der Waals surface area (Å²) in [6.07, 6.45) is 2.33.